The molecule has 2 nitrogen and oxygen atoms in total. The Hall–Kier alpha value is -0.860. The highest BCUT2D eigenvalue weighted by Gasteiger charge is 2.33. The molecule has 0 radical (unpaired) electrons. The molecule has 2 heteroatoms. The van der Waals surface area contributed by atoms with Crippen molar-refractivity contribution in [3.8, 4) is 0 Å². The Morgan fingerprint density at radius 2 is 1.62 bits per heavy atom. The van der Waals surface area contributed by atoms with E-state index in [0.717, 1.165) is 31.2 Å². The van der Waals surface area contributed by atoms with Gasteiger partial charge in [0, 0.05) is 6.04 Å². The standard InChI is InChI=1S/C14H21NO/c1-10-7-11(2)9-12(8-10)14(16)5-3-13(15)4-6-14/h7-9,13,16H,3-6,15H2,1-2H3. The van der Waals surface area contributed by atoms with E-state index in [9.17, 15) is 5.11 Å². The van der Waals surface area contributed by atoms with Crippen molar-refractivity contribution in [1.29, 1.82) is 0 Å². The smallest absolute Gasteiger partial charge is 0.0897 e. The molecule has 0 aromatic heterocycles. The van der Waals surface area contributed by atoms with Crippen molar-refractivity contribution < 1.29 is 5.11 Å². The number of nitrogens with two attached hydrogens (primary N) is 1. The molecule has 0 atom stereocenters. The summed E-state index contributed by atoms with van der Waals surface area (Å²) in [5, 5.41) is 10.7. The number of aryl methyl sites for hydroxylation is 2. The number of benzene rings is 1. The zero-order chi connectivity index (χ0) is 11.8. The second-order valence-electron chi connectivity index (χ2n) is 5.25. The van der Waals surface area contributed by atoms with Gasteiger partial charge in [0.25, 0.3) is 0 Å². The molecule has 0 unspecified atom stereocenters. The van der Waals surface area contributed by atoms with Gasteiger partial charge in [0.2, 0.25) is 0 Å². The molecular formula is C14H21NO. The molecule has 0 heterocycles. The Bertz CT molecular complexity index is 358. The molecule has 1 aliphatic carbocycles. The number of aliphatic hydroxyl groups is 1. The van der Waals surface area contributed by atoms with Crippen LogP contribution in [0.1, 0.15) is 42.4 Å². The van der Waals surface area contributed by atoms with E-state index in [1.54, 1.807) is 0 Å². The van der Waals surface area contributed by atoms with Crippen LogP contribution in [-0.2, 0) is 5.60 Å². The summed E-state index contributed by atoms with van der Waals surface area (Å²) in [4.78, 5) is 0. The first-order chi connectivity index (χ1) is 7.49. The Balaban J connectivity index is 2.28. The molecule has 0 bridgehead atoms. The van der Waals surface area contributed by atoms with Gasteiger partial charge >= 0.3 is 0 Å². The fourth-order valence-electron chi connectivity index (χ4n) is 2.65. The van der Waals surface area contributed by atoms with Gasteiger partial charge in [0.15, 0.2) is 0 Å². The Morgan fingerprint density at radius 3 is 2.12 bits per heavy atom. The first-order valence-corrected chi connectivity index (χ1v) is 6.06. The van der Waals surface area contributed by atoms with E-state index in [4.69, 9.17) is 5.73 Å². The van der Waals surface area contributed by atoms with Crippen molar-refractivity contribution in [3.63, 3.8) is 0 Å². The zero-order valence-electron chi connectivity index (χ0n) is 10.2. The summed E-state index contributed by atoms with van der Waals surface area (Å²) >= 11 is 0. The lowest BCUT2D eigenvalue weighted by Crippen LogP contribution is -2.36. The molecule has 0 amide bonds. The quantitative estimate of drug-likeness (QED) is 0.762. The third-order valence-corrected chi connectivity index (χ3v) is 3.62. The average molecular weight is 219 g/mol. The minimum Gasteiger partial charge on any atom is -0.385 e. The van der Waals surface area contributed by atoms with Crippen molar-refractivity contribution in [3.05, 3.63) is 34.9 Å². The van der Waals surface area contributed by atoms with Crippen LogP contribution in [0.25, 0.3) is 0 Å². The van der Waals surface area contributed by atoms with Gasteiger partial charge in [-0.3, -0.25) is 0 Å². The third-order valence-electron chi connectivity index (χ3n) is 3.62. The summed E-state index contributed by atoms with van der Waals surface area (Å²) < 4.78 is 0. The summed E-state index contributed by atoms with van der Waals surface area (Å²) in [5.74, 6) is 0. The van der Waals surface area contributed by atoms with Gasteiger partial charge in [-0.1, -0.05) is 29.3 Å². The summed E-state index contributed by atoms with van der Waals surface area (Å²) in [6, 6.07) is 6.61. The first-order valence-electron chi connectivity index (χ1n) is 6.06. The zero-order valence-corrected chi connectivity index (χ0v) is 10.2. The van der Waals surface area contributed by atoms with Gasteiger partial charge in [-0.2, -0.15) is 0 Å². The highest BCUT2D eigenvalue weighted by Crippen LogP contribution is 2.37. The number of rotatable bonds is 1. The van der Waals surface area contributed by atoms with Gasteiger partial charge in [-0.25, -0.2) is 0 Å². The Morgan fingerprint density at radius 1 is 1.12 bits per heavy atom. The van der Waals surface area contributed by atoms with E-state index < -0.39 is 5.60 Å². The van der Waals surface area contributed by atoms with Crippen LogP contribution in [0.3, 0.4) is 0 Å². The maximum Gasteiger partial charge on any atom is 0.0897 e. The summed E-state index contributed by atoms with van der Waals surface area (Å²) in [5.41, 5.74) is 8.74. The maximum absolute atomic E-state index is 10.7. The monoisotopic (exact) mass is 219 g/mol. The van der Waals surface area contributed by atoms with Crippen molar-refractivity contribution >= 4 is 0 Å². The summed E-state index contributed by atoms with van der Waals surface area (Å²) in [6.07, 6.45) is 3.42. The maximum atomic E-state index is 10.7. The molecule has 1 aromatic rings. The van der Waals surface area contributed by atoms with Crippen molar-refractivity contribution in [2.24, 2.45) is 5.73 Å². The second kappa shape index (κ2) is 4.19. The third kappa shape index (κ3) is 2.28. The van der Waals surface area contributed by atoms with E-state index in [2.05, 4.69) is 32.0 Å². The lowest BCUT2D eigenvalue weighted by molar-refractivity contribution is -0.00505. The molecular weight excluding hydrogens is 198 g/mol. The molecule has 16 heavy (non-hydrogen) atoms. The topological polar surface area (TPSA) is 46.2 Å². The first kappa shape index (κ1) is 11.6. The number of hydrogen-bond acceptors (Lipinski definition) is 2. The van der Waals surface area contributed by atoms with E-state index in [1.165, 1.54) is 11.1 Å². The predicted octanol–water partition coefficient (Wildman–Crippen LogP) is 2.39. The van der Waals surface area contributed by atoms with E-state index in [-0.39, 0.29) is 6.04 Å². The molecule has 0 aliphatic heterocycles. The molecule has 1 aromatic carbocycles. The largest absolute Gasteiger partial charge is 0.385 e. The van der Waals surface area contributed by atoms with E-state index in [0.29, 0.717) is 0 Å². The highest BCUT2D eigenvalue weighted by atomic mass is 16.3. The second-order valence-corrected chi connectivity index (χ2v) is 5.25. The Kier molecular flexibility index (Phi) is 3.04. The molecule has 1 saturated carbocycles. The minimum absolute atomic E-state index is 0.270. The van der Waals surface area contributed by atoms with Crippen LogP contribution in [0, 0.1) is 13.8 Å². The summed E-state index contributed by atoms with van der Waals surface area (Å²) in [6.45, 7) is 4.16. The molecule has 3 N–H and O–H groups in total. The van der Waals surface area contributed by atoms with Crippen LogP contribution in [0.5, 0.6) is 0 Å². The lowest BCUT2D eigenvalue weighted by atomic mass is 9.77. The fraction of sp³-hybridized carbons (Fsp3) is 0.571. The SMILES string of the molecule is Cc1cc(C)cc(C2(O)CCC(N)CC2)c1. The fourth-order valence-corrected chi connectivity index (χ4v) is 2.65. The minimum atomic E-state index is -0.646. The summed E-state index contributed by atoms with van der Waals surface area (Å²) in [7, 11) is 0. The lowest BCUT2D eigenvalue weighted by Gasteiger charge is -2.35. The molecule has 1 aliphatic rings. The van der Waals surface area contributed by atoms with Crippen LogP contribution < -0.4 is 5.73 Å². The van der Waals surface area contributed by atoms with Gasteiger partial charge in [-0.15, -0.1) is 0 Å². The van der Waals surface area contributed by atoms with Crippen molar-refractivity contribution in [1.82, 2.24) is 0 Å². The predicted molar refractivity (Wildman–Crippen MR) is 66.3 cm³/mol. The van der Waals surface area contributed by atoms with Crippen LogP contribution in [0.2, 0.25) is 0 Å². The van der Waals surface area contributed by atoms with Crippen LogP contribution in [-0.4, -0.2) is 11.1 Å². The van der Waals surface area contributed by atoms with Gasteiger partial charge in [0.05, 0.1) is 5.60 Å². The van der Waals surface area contributed by atoms with Gasteiger partial charge in [-0.05, 0) is 45.1 Å². The molecule has 0 spiro atoms. The van der Waals surface area contributed by atoms with E-state index >= 15 is 0 Å². The highest BCUT2D eigenvalue weighted by molar-refractivity contribution is 5.32. The average Bonchev–Trinajstić information content (AvgIpc) is 2.21. The van der Waals surface area contributed by atoms with Gasteiger partial charge in [0.1, 0.15) is 0 Å². The molecule has 88 valence electrons. The van der Waals surface area contributed by atoms with Crippen molar-refractivity contribution in [2.75, 3.05) is 0 Å². The van der Waals surface area contributed by atoms with Crippen molar-refractivity contribution in [2.45, 2.75) is 51.2 Å². The van der Waals surface area contributed by atoms with Crippen LogP contribution in [0.15, 0.2) is 18.2 Å². The van der Waals surface area contributed by atoms with Gasteiger partial charge < -0.3 is 10.8 Å². The van der Waals surface area contributed by atoms with Crippen LogP contribution >= 0.6 is 0 Å². The normalized spacial score (nSPS) is 30.4. The molecule has 1 fully saturated rings. The number of hydrogen-bond donors (Lipinski definition) is 2. The van der Waals surface area contributed by atoms with E-state index in [1.807, 2.05) is 0 Å². The molecule has 2 rings (SSSR count). The Labute approximate surface area is 97.5 Å². The van der Waals surface area contributed by atoms with Crippen LogP contribution in [0.4, 0.5) is 0 Å². The molecule has 0 saturated heterocycles.